The van der Waals surface area contributed by atoms with Crippen molar-refractivity contribution in [3.05, 3.63) is 87.8 Å². The van der Waals surface area contributed by atoms with Gasteiger partial charge in [0.25, 0.3) is 5.56 Å². The van der Waals surface area contributed by atoms with Crippen LogP contribution in [0.15, 0.2) is 65.6 Å². The average Bonchev–Trinajstić information content (AvgIpc) is 2.84. The maximum atomic E-state index is 14.0. The average molecular weight is 479 g/mol. The van der Waals surface area contributed by atoms with Crippen LogP contribution in [0.25, 0.3) is 28.2 Å². The molecule has 2 aromatic heterocycles. The van der Waals surface area contributed by atoms with E-state index in [1.54, 1.807) is 44.2 Å². The number of hydrogen-bond donors (Lipinski definition) is 1. The summed E-state index contributed by atoms with van der Waals surface area (Å²) in [4.78, 5) is 24.6. The number of alkyl halides is 3. The standard InChI is InChI=1S/C25H20F3N5O2/c1-3-29-22-13-21(18-10-15(2)9-16(11-18)14-34)32-33(24(22)35)23-12-17(20-5-4-8-30-31-20)6-7-19(23)25(26,27)28/h4-14,29H,3H2,1-2H3. The van der Waals surface area contributed by atoms with Crippen LogP contribution in [0.3, 0.4) is 0 Å². The van der Waals surface area contributed by atoms with Gasteiger partial charge in [-0.2, -0.15) is 33.1 Å². The van der Waals surface area contributed by atoms with Crippen LogP contribution in [-0.4, -0.2) is 32.8 Å². The summed E-state index contributed by atoms with van der Waals surface area (Å²) in [6.45, 7) is 3.90. The second kappa shape index (κ2) is 9.49. The number of aromatic nitrogens is 4. The molecule has 0 saturated carbocycles. The van der Waals surface area contributed by atoms with Gasteiger partial charge < -0.3 is 5.32 Å². The van der Waals surface area contributed by atoms with Crippen molar-refractivity contribution in [2.45, 2.75) is 20.0 Å². The van der Waals surface area contributed by atoms with Crippen LogP contribution in [0.4, 0.5) is 18.9 Å². The highest BCUT2D eigenvalue weighted by molar-refractivity contribution is 5.79. The summed E-state index contributed by atoms with van der Waals surface area (Å²) >= 11 is 0. The van der Waals surface area contributed by atoms with Crippen LogP contribution in [0.2, 0.25) is 0 Å². The van der Waals surface area contributed by atoms with E-state index in [0.717, 1.165) is 16.3 Å². The zero-order valence-corrected chi connectivity index (χ0v) is 18.8. The second-order valence-electron chi connectivity index (χ2n) is 7.78. The number of carbonyl (C=O) groups is 1. The summed E-state index contributed by atoms with van der Waals surface area (Å²) < 4.78 is 42.7. The fourth-order valence-electron chi connectivity index (χ4n) is 3.71. The van der Waals surface area contributed by atoms with Gasteiger partial charge in [0, 0.05) is 29.4 Å². The normalized spacial score (nSPS) is 11.3. The van der Waals surface area contributed by atoms with Crippen LogP contribution in [0.5, 0.6) is 0 Å². The predicted molar refractivity (Wildman–Crippen MR) is 126 cm³/mol. The Bertz CT molecular complexity index is 1450. The van der Waals surface area contributed by atoms with E-state index >= 15 is 0 Å². The van der Waals surface area contributed by atoms with Gasteiger partial charge in [-0.05, 0) is 67.9 Å². The van der Waals surface area contributed by atoms with Crippen LogP contribution >= 0.6 is 0 Å². The Hall–Kier alpha value is -4.34. The molecule has 0 aliphatic heterocycles. The smallest absolute Gasteiger partial charge is 0.381 e. The Morgan fingerprint density at radius 2 is 1.83 bits per heavy atom. The highest BCUT2D eigenvalue weighted by Crippen LogP contribution is 2.36. The van der Waals surface area contributed by atoms with Crippen molar-refractivity contribution in [3.8, 4) is 28.2 Å². The van der Waals surface area contributed by atoms with E-state index < -0.39 is 23.0 Å². The quantitative estimate of drug-likeness (QED) is 0.395. The van der Waals surface area contributed by atoms with Crippen molar-refractivity contribution < 1.29 is 18.0 Å². The lowest BCUT2D eigenvalue weighted by Crippen LogP contribution is -2.27. The van der Waals surface area contributed by atoms with Gasteiger partial charge in [0.2, 0.25) is 0 Å². The highest BCUT2D eigenvalue weighted by Gasteiger charge is 2.35. The van der Waals surface area contributed by atoms with Crippen LogP contribution in [0, 0.1) is 6.92 Å². The molecule has 4 aromatic rings. The summed E-state index contributed by atoms with van der Waals surface area (Å²) in [7, 11) is 0. The Morgan fingerprint density at radius 3 is 2.49 bits per heavy atom. The first kappa shape index (κ1) is 23.8. The molecule has 0 aliphatic carbocycles. The van der Waals surface area contributed by atoms with Gasteiger partial charge in [0.15, 0.2) is 0 Å². The summed E-state index contributed by atoms with van der Waals surface area (Å²) in [5, 5.41) is 14.9. The second-order valence-corrected chi connectivity index (χ2v) is 7.78. The Kier molecular flexibility index (Phi) is 6.46. The van der Waals surface area contributed by atoms with Crippen LogP contribution in [0.1, 0.15) is 28.4 Å². The largest absolute Gasteiger partial charge is 0.418 e. The monoisotopic (exact) mass is 479 g/mol. The third-order valence-electron chi connectivity index (χ3n) is 5.21. The third kappa shape index (κ3) is 4.96. The SMILES string of the molecule is CCNc1cc(-c2cc(C)cc(C=O)c2)nn(-c2cc(-c3cccnn3)ccc2C(F)(F)F)c1=O. The zero-order valence-electron chi connectivity index (χ0n) is 18.8. The molecule has 10 heteroatoms. The number of hydrogen-bond acceptors (Lipinski definition) is 6. The first-order valence-electron chi connectivity index (χ1n) is 10.7. The fraction of sp³-hybridized carbons (Fsp3) is 0.160. The number of nitrogens with zero attached hydrogens (tertiary/aromatic N) is 4. The van der Waals surface area contributed by atoms with Crippen molar-refractivity contribution >= 4 is 12.0 Å². The van der Waals surface area contributed by atoms with E-state index in [-0.39, 0.29) is 11.4 Å². The molecule has 0 bridgehead atoms. The van der Waals surface area contributed by atoms with E-state index in [0.29, 0.717) is 35.2 Å². The summed E-state index contributed by atoms with van der Waals surface area (Å²) in [6, 6.07) is 13.0. The van der Waals surface area contributed by atoms with Crippen molar-refractivity contribution in [1.29, 1.82) is 0 Å². The van der Waals surface area contributed by atoms with Gasteiger partial charge in [-0.15, -0.1) is 0 Å². The summed E-state index contributed by atoms with van der Waals surface area (Å²) in [5.74, 6) is 0. The van der Waals surface area contributed by atoms with Crippen molar-refractivity contribution in [3.63, 3.8) is 0 Å². The molecule has 0 spiro atoms. The zero-order chi connectivity index (χ0) is 25.2. The number of carbonyl (C=O) groups excluding carboxylic acids is 1. The van der Waals surface area contributed by atoms with E-state index in [9.17, 15) is 22.8 Å². The van der Waals surface area contributed by atoms with Gasteiger partial charge in [0.1, 0.15) is 12.0 Å². The molecule has 35 heavy (non-hydrogen) atoms. The molecule has 178 valence electrons. The van der Waals surface area contributed by atoms with E-state index in [4.69, 9.17) is 0 Å². The first-order valence-corrected chi connectivity index (χ1v) is 10.7. The highest BCUT2D eigenvalue weighted by atomic mass is 19.4. The number of halogens is 3. The van der Waals surface area contributed by atoms with E-state index in [1.165, 1.54) is 24.4 Å². The molecule has 2 aromatic carbocycles. The van der Waals surface area contributed by atoms with Gasteiger partial charge in [0.05, 0.1) is 22.6 Å². The number of aryl methyl sites for hydroxylation is 1. The number of anilines is 1. The van der Waals surface area contributed by atoms with Gasteiger partial charge in [-0.1, -0.05) is 6.07 Å². The molecule has 0 unspecified atom stereocenters. The van der Waals surface area contributed by atoms with Crippen molar-refractivity contribution in [2.75, 3.05) is 11.9 Å². The fourth-order valence-corrected chi connectivity index (χ4v) is 3.71. The number of benzene rings is 2. The lowest BCUT2D eigenvalue weighted by molar-refractivity contribution is -0.137. The molecule has 7 nitrogen and oxygen atoms in total. The number of aldehydes is 1. The molecular formula is C25H20F3N5O2. The van der Waals surface area contributed by atoms with Crippen LogP contribution < -0.4 is 10.9 Å². The Morgan fingerprint density at radius 1 is 1.03 bits per heavy atom. The summed E-state index contributed by atoms with van der Waals surface area (Å²) in [5.41, 5.74) is 0.373. The Labute approximate surface area is 198 Å². The summed E-state index contributed by atoms with van der Waals surface area (Å²) in [6.07, 6.45) is -2.63. The molecule has 2 heterocycles. The van der Waals surface area contributed by atoms with Gasteiger partial charge in [-0.25, -0.2) is 0 Å². The molecule has 0 saturated heterocycles. The lowest BCUT2D eigenvalue weighted by Gasteiger charge is -2.17. The lowest BCUT2D eigenvalue weighted by atomic mass is 10.0. The van der Waals surface area contributed by atoms with Gasteiger partial charge >= 0.3 is 6.18 Å². The predicted octanol–water partition coefficient (Wildman–Crippen LogP) is 4.93. The molecule has 0 radical (unpaired) electrons. The molecule has 1 N–H and O–H groups in total. The third-order valence-corrected chi connectivity index (χ3v) is 5.21. The minimum absolute atomic E-state index is 0.0738. The van der Waals surface area contributed by atoms with E-state index in [1.807, 2.05) is 0 Å². The first-order chi connectivity index (χ1) is 16.7. The molecule has 0 atom stereocenters. The molecule has 4 rings (SSSR count). The number of rotatable bonds is 6. The minimum Gasteiger partial charge on any atom is -0.381 e. The van der Waals surface area contributed by atoms with Crippen molar-refractivity contribution in [1.82, 2.24) is 20.0 Å². The molecule has 0 fully saturated rings. The Balaban J connectivity index is 2.02. The van der Waals surface area contributed by atoms with Crippen LogP contribution in [-0.2, 0) is 6.18 Å². The molecule has 0 amide bonds. The van der Waals surface area contributed by atoms with E-state index in [2.05, 4.69) is 20.6 Å². The topological polar surface area (TPSA) is 89.8 Å². The maximum Gasteiger partial charge on any atom is 0.418 e. The minimum atomic E-state index is -4.75. The number of nitrogens with one attached hydrogen (secondary N) is 1. The molecule has 0 aliphatic rings. The maximum absolute atomic E-state index is 14.0. The molecular weight excluding hydrogens is 459 g/mol. The van der Waals surface area contributed by atoms with Crippen molar-refractivity contribution in [2.24, 2.45) is 0 Å². The van der Waals surface area contributed by atoms with Gasteiger partial charge in [-0.3, -0.25) is 9.59 Å².